The number of benzene rings is 1. The highest BCUT2D eigenvalue weighted by atomic mass is 32.2. The molecular weight excluding hydrogens is 188 g/mol. The molecule has 0 bridgehead atoms. The first-order valence-electron chi connectivity index (χ1n) is 3.74. The maximum absolute atomic E-state index is 10.9. The van der Waals surface area contributed by atoms with E-state index in [-0.39, 0.29) is 5.75 Å². The van der Waals surface area contributed by atoms with Crippen LogP contribution in [0.1, 0.15) is 5.56 Å². The van der Waals surface area contributed by atoms with Gasteiger partial charge in [-0.2, -0.15) is 0 Å². The summed E-state index contributed by atoms with van der Waals surface area (Å²) in [6.45, 7) is 0. The Labute approximate surface area is 77.6 Å². The fourth-order valence-electron chi connectivity index (χ4n) is 1.000. The molecule has 0 fully saturated rings. The predicted octanol–water partition coefficient (Wildman–Crippen LogP) is 0.517. The zero-order chi connectivity index (χ0) is 9.90. The van der Waals surface area contributed by atoms with Crippen molar-refractivity contribution in [3.05, 3.63) is 29.8 Å². The lowest BCUT2D eigenvalue weighted by Crippen LogP contribution is -2.06. The number of hydrazine groups is 1. The van der Waals surface area contributed by atoms with E-state index in [1.54, 1.807) is 24.3 Å². The van der Waals surface area contributed by atoms with Gasteiger partial charge in [0.25, 0.3) is 0 Å². The lowest BCUT2D eigenvalue weighted by molar-refractivity contribution is 0.601. The first-order chi connectivity index (χ1) is 6.01. The quantitative estimate of drug-likeness (QED) is 0.551. The molecule has 0 saturated heterocycles. The van der Waals surface area contributed by atoms with Crippen molar-refractivity contribution in [3.63, 3.8) is 0 Å². The second-order valence-corrected chi connectivity index (χ2v) is 5.05. The molecule has 0 radical (unpaired) electrons. The van der Waals surface area contributed by atoms with Crippen LogP contribution in [0.3, 0.4) is 0 Å². The van der Waals surface area contributed by atoms with Gasteiger partial charge in [-0.3, -0.25) is 5.84 Å². The van der Waals surface area contributed by atoms with Crippen LogP contribution in [0.25, 0.3) is 0 Å². The molecule has 0 unspecified atom stereocenters. The second-order valence-electron chi connectivity index (χ2n) is 2.91. The zero-order valence-electron chi connectivity index (χ0n) is 7.32. The van der Waals surface area contributed by atoms with Crippen LogP contribution in [0.4, 0.5) is 5.69 Å². The van der Waals surface area contributed by atoms with E-state index < -0.39 is 9.84 Å². The summed E-state index contributed by atoms with van der Waals surface area (Å²) in [6.07, 6.45) is 1.21. The number of rotatable bonds is 3. The molecule has 4 nitrogen and oxygen atoms in total. The maximum Gasteiger partial charge on any atom is 0.151 e. The van der Waals surface area contributed by atoms with E-state index >= 15 is 0 Å². The van der Waals surface area contributed by atoms with Gasteiger partial charge in [0, 0.05) is 11.9 Å². The number of anilines is 1. The van der Waals surface area contributed by atoms with Gasteiger partial charge in [0.15, 0.2) is 9.84 Å². The van der Waals surface area contributed by atoms with Gasteiger partial charge in [-0.15, -0.1) is 0 Å². The van der Waals surface area contributed by atoms with E-state index in [0.29, 0.717) is 0 Å². The summed E-state index contributed by atoms with van der Waals surface area (Å²) in [7, 11) is -2.95. The van der Waals surface area contributed by atoms with Gasteiger partial charge in [-0.05, 0) is 17.7 Å². The Balaban J connectivity index is 2.81. The van der Waals surface area contributed by atoms with Crippen molar-refractivity contribution < 1.29 is 8.42 Å². The van der Waals surface area contributed by atoms with Crippen LogP contribution in [0.5, 0.6) is 0 Å². The SMILES string of the molecule is CS(=O)(=O)Cc1ccc(NN)cc1. The average Bonchev–Trinajstić information content (AvgIpc) is 2.03. The summed E-state index contributed by atoms with van der Waals surface area (Å²) >= 11 is 0. The first-order valence-corrected chi connectivity index (χ1v) is 5.80. The van der Waals surface area contributed by atoms with Gasteiger partial charge in [0.1, 0.15) is 0 Å². The van der Waals surface area contributed by atoms with E-state index in [4.69, 9.17) is 5.84 Å². The number of nitrogens with two attached hydrogens (primary N) is 1. The molecule has 0 aromatic heterocycles. The number of nitrogens with one attached hydrogen (secondary N) is 1. The molecule has 0 aliphatic carbocycles. The third-order valence-corrected chi connectivity index (χ3v) is 2.41. The minimum Gasteiger partial charge on any atom is -0.324 e. The molecule has 1 rings (SSSR count). The monoisotopic (exact) mass is 200 g/mol. The minimum atomic E-state index is -2.95. The molecule has 72 valence electrons. The minimum absolute atomic E-state index is 0.0673. The van der Waals surface area contributed by atoms with Crippen LogP contribution in [0, 0.1) is 0 Å². The lowest BCUT2D eigenvalue weighted by atomic mass is 10.2. The van der Waals surface area contributed by atoms with Crippen molar-refractivity contribution in [2.24, 2.45) is 5.84 Å². The molecule has 0 saturated carbocycles. The number of hydrogen-bond donors (Lipinski definition) is 2. The van der Waals surface area contributed by atoms with Crippen LogP contribution in [-0.2, 0) is 15.6 Å². The van der Waals surface area contributed by atoms with Crippen molar-refractivity contribution in [3.8, 4) is 0 Å². The Bertz CT molecular complexity index is 370. The summed E-state index contributed by atoms with van der Waals surface area (Å²) in [6, 6.07) is 6.94. The number of hydrogen-bond acceptors (Lipinski definition) is 4. The first kappa shape index (κ1) is 10.0. The molecule has 0 aliphatic rings. The summed E-state index contributed by atoms with van der Waals surface area (Å²) in [5, 5.41) is 0. The van der Waals surface area contributed by atoms with Crippen molar-refractivity contribution in [1.82, 2.24) is 0 Å². The largest absolute Gasteiger partial charge is 0.324 e. The molecular formula is C8H12N2O2S. The zero-order valence-corrected chi connectivity index (χ0v) is 8.14. The molecule has 0 atom stereocenters. The highest BCUT2D eigenvalue weighted by molar-refractivity contribution is 7.89. The molecule has 1 aromatic rings. The second kappa shape index (κ2) is 3.76. The summed E-state index contributed by atoms with van der Waals surface area (Å²) in [5.74, 6) is 5.23. The summed E-state index contributed by atoms with van der Waals surface area (Å²) in [5.41, 5.74) is 3.99. The van der Waals surface area contributed by atoms with Crippen LogP contribution < -0.4 is 11.3 Å². The highest BCUT2D eigenvalue weighted by Crippen LogP contribution is 2.10. The van der Waals surface area contributed by atoms with Crippen LogP contribution in [0.2, 0.25) is 0 Å². The Kier molecular flexibility index (Phi) is 2.90. The Morgan fingerprint density at radius 3 is 2.23 bits per heavy atom. The number of sulfone groups is 1. The summed E-state index contributed by atoms with van der Waals surface area (Å²) in [4.78, 5) is 0. The standard InChI is InChI=1S/C8H12N2O2S/c1-13(11,12)6-7-2-4-8(10-9)5-3-7/h2-5,10H,6,9H2,1H3. The van der Waals surface area contributed by atoms with Crippen LogP contribution in [0.15, 0.2) is 24.3 Å². The topological polar surface area (TPSA) is 72.2 Å². The van der Waals surface area contributed by atoms with E-state index in [1.165, 1.54) is 6.26 Å². The van der Waals surface area contributed by atoms with Gasteiger partial charge in [0.05, 0.1) is 5.75 Å². The Morgan fingerprint density at radius 2 is 1.85 bits per heavy atom. The third kappa shape index (κ3) is 3.43. The lowest BCUT2D eigenvalue weighted by Gasteiger charge is -2.01. The van der Waals surface area contributed by atoms with E-state index in [2.05, 4.69) is 5.43 Å². The molecule has 1 aromatic carbocycles. The molecule has 0 aliphatic heterocycles. The molecule has 3 N–H and O–H groups in total. The molecule has 0 spiro atoms. The fourth-order valence-corrected chi connectivity index (χ4v) is 1.80. The van der Waals surface area contributed by atoms with Crippen molar-refractivity contribution in [1.29, 1.82) is 0 Å². The van der Waals surface area contributed by atoms with Crippen LogP contribution >= 0.6 is 0 Å². The van der Waals surface area contributed by atoms with Gasteiger partial charge in [-0.1, -0.05) is 12.1 Å². The number of nitrogen functional groups attached to an aromatic ring is 1. The molecule has 5 heteroatoms. The summed E-state index contributed by atoms with van der Waals surface area (Å²) < 4.78 is 21.8. The average molecular weight is 200 g/mol. The fraction of sp³-hybridized carbons (Fsp3) is 0.250. The highest BCUT2D eigenvalue weighted by Gasteiger charge is 2.03. The smallest absolute Gasteiger partial charge is 0.151 e. The van der Waals surface area contributed by atoms with Crippen molar-refractivity contribution in [2.75, 3.05) is 11.7 Å². The van der Waals surface area contributed by atoms with Crippen molar-refractivity contribution in [2.45, 2.75) is 5.75 Å². The van der Waals surface area contributed by atoms with Crippen molar-refractivity contribution >= 4 is 15.5 Å². The van der Waals surface area contributed by atoms with Gasteiger partial charge >= 0.3 is 0 Å². The Hall–Kier alpha value is -1.07. The van der Waals surface area contributed by atoms with E-state index in [0.717, 1.165) is 11.3 Å². The van der Waals surface area contributed by atoms with Gasteiger partial charge in [-0.25, -0.2) is 8.42 Å². The predicted molar refractivity (Wildman–Crippen MR) is 52.8 cm³/mol. The van der Waals surface area contributed by atoms with E-state index in [9.17, 15) is 8.42 Å². The normalized spacial score (nSPS) is 11.2. The van der Waals surface area contributed by atoms with Gasteiger partial charge in [0.2, 0.25) is 0 Å². The van der Waals surface area contributed by atoms with E-state index in [1.807, 2.05) is 0 Å². The van der Waals surface area contributed by atoms with Gasteiger partial charge < -0.3 is 5.43 Å². The van der Waals surface area contributed by atoms with Crippen LogP contribution in [-0.4, -0.2) is 14.7 Å². The molecule has 0 amide bonds. The Morgan fingerprint density at radius 1 is 1.31 bits per heavy atom. The third-order valence-electron chi connectivity index (χ3n) is 1.55. The maximum atomic E-state index is 10.9. The molecule has 0 heterocycles. The molecule has 13 heavy (non-hydrogen) atoms.